The normalized spacial score (nSPS) is 21.8. The van der Waals surface area contributed by atoms with E-state index in [1.807, 2.05) is 35.2 Å². The van der Waals surface area contributed by atoms with Gasteiger partial charge in [0.25, 0.3) is 0 Å². The van der Waals surface area contributed by atoms with Gasteiger partial charge in [0.15, 0.2) is 0 Å². The van der Waals surface area contributed by atoms with Gasteiger partial charge in [0.1, 0.15) is 0 Å². The highest BCUT2D eigenvalue weighted by atomic mass is 35.5. The van der Waals surface area contributed by atoms with Crippen LogP contribution in [0.3, 0.4) is 0 Å². The van der Waals surface area contributed by atoms with Gasteiger partial charge in [0, 0.05) is 19.6 Å². The molecule has 2 saturated heterocycles. The zero-order valence-electron chi connectivity index (χ0n) is 19.5. The van der Waals surface area contributed by atoms with Gasteiger partial charge in [-0.1, -0.05) is 73.8 Å². The Bertz CT molecular complexity index is 1140. The predicted octanol–water partition coefficient (Wildman–Crippen LogP) is 4.56. The van der Waals surface area contributed by atoms with Crippen molar-refractivity contribution in [2.75, 3.05) is 19.6 Å². The number of rotatable bonds is 7. The molecule has 4 rings (SSSR count). The molecule has 1 N–H and O–H groups in total. The van der Waals surface area contributed by atoms with Gasteiger partial charge in [0.05, 0.1) is 26.6 Å². The molecule has 2 heterocycles. The summed E-state index contributed by atoms with van der Waals surface area (Å²) in [5.41, 5.74) is 0.567. The molecule has 2 aromatic rings. The smallest absolute Gasteiger partial charge is 0.243 e. The van der Waals surface area contributed by atoms with Gasteiger partial charge in [-0.05, 0) is 48.9 Å². The number of nitrogens with zero attached hydrogens (tertiary/aromatic N) is 2. The van der Waals surface area contributed by atoms with E-state index in [4.69, 9.17) is 23.2 Å². The zero-order valence-corrected chi connectivity index (χ0v) is 21.8. The Morgan fingerprint density at radius 2 is 1.76 bits per heavy atom. The third-order valence-electron chi connectivity index (χ3n) is 7.08. The molecule has 0 bridgehead atoms. The Labute approximate surface area is 212 Å². The highest BCUT2D eigenvalue weighted by Gasteiger charge is 2.52. The maximum absolute atomic E-state index is 13.5. The Hall–Kier alpha value is -1.64. The second-order valence-corrected chi connectivity index (χ2v) is 12.1. The molecule has 1 amide bonds. The number of hydrogen-bond donors (Lipinski definition) is 1. The van der Waals surface area contributed by atoms with E-state index in [9.17, 15) is 13.2 Å². The maximum atomic E-state index is 13.5. The van der Waals surface area contributed by atoms with Gasteiger partial charge >= 0.3 is 0 Å². The summed E-state index contributed by atoms with van der Waals surface area (Å²) in [6.45, 7) is 5.57. The van der Waals surface area contributed by atoms with E-state index in [1.165, 1.54) is 22.5 Å². The van der Waals surface area contributed by atoms with Crippen LogP contribution in [-0.2, 0) is 21.2 Å². The molecule has 2 aliphatic heterocycles. The molecule has 2 atom stereocenters. The number of halogens is 2. The Morgan fingerprint density at radius 3 is 2.38 bits per heavy atom. The monoisotopic (exact) mass is 523 g/mol. The predicted molar refractivity (Wildman–Crippen MR) is 135 cm³/mol. The number of piperidine rings is 1. The van der Waals surface area contributed by atoms with Crippen LogP contribution in [0.5, 0.6) is 0 Å². The number of sulfonamides is 1. The molecular formula is C25H31Cl2N3O3S. The second kappa shape index (κ2) is 10.2. The first-order valence-corrected chi connectivity index (χ1v) is 13.9. The fourth-order valence-corrected chi connectivity index (χ4v) is 6.68. The first-order valence-electron chi connectivity index (χ1n) is 11.7. The summed E-state index contributed by atoms with van der Waals surface area (Å²) in [5, 5.41) is 4.16. The minimum Gasteiger partial charge on any atom is -0.323 e. The van der Waals surface area contributed by atoms with Crippen molar-refractivity contribution in [3.8, 4) is 0 Å². The lowest BCUT2D eigenvalue weighted by molar-refractivity contribution is -0.134. The average molecular weight is 525 g/mol. The molecule has 0 aliphatic carbocycles. The number of hydrogen-bond acceptors (Lipinski definition) is 4. The van der Waals surface area contributed by atoms with Crippen molar-refractivity contribution < 1.29 is 13.2 Å². The number of carbonyl (C=O) groups is 1. The summed E-state index contributed by atoms with van der Waals surface area (Å²) < 4.78 is 28.0. The van der Waals surface area contributed by atoms with Gasteiger partial charge in [-0.15, -0.1) is 0 Å². The van der Waals surface area contributed by atoms with Crippen LogP contribution in [-0.4, -0.2) is 54.9 Å². The summed E-state index contributed by atoms with van der Waals surface area (Å²) in [6.07, 6.45) is 2.65. The number of amides is 1. The molecule has 0 radical (unpaired) electrons. The van der Waals surface area contributed by atoms with Crippen LogP contribution in [0.25, 0.3) is 0 Å². The van der Waals surface area contributed by atoms with Crippen molar-refractivity contribution >= 4 is 39.1 Å². The summed E-state index contributed by atoms with van der Waals surface area (Å²) in [4.78, 5) is 15.6. The lowest BCUT2D eigenvalue weighted by Crippen LogP contribution is -2.60. The van der Waals surface area contributed by atoms with E-state index in [0.29, 0.717) is 49.8 Å². The fraction of sp³-hybridized carbons (Fsp3) is 0.480. The lowest BCUT2D eigenvalue weighted by Gasteiger charge is -2.45. The zero-order chi connectivity index (χ0) is 24.5. The van der Waals surface area contributed by atoms with Crippen LogP contribution in [0.2, 0.25) is 10.0 Å². The van der Waals surface area contributed by atoms with Crippen molar-refractivity contribution in [1.29, 1.82) is 0 Å². The standard InChI is InChI=1S/C25H31Cl2N3O3S/c1-3-18(2)17-30-24(31)23(15-19-7-5-4-6-8-19)28-25(30)11-13-29(14-12-25)34(32,33)20-9-10-21(26)22(27)16-20/h4-10,16,18,23,28H,3,11-15,17H2,1-2H3/t18-,23+/m1/s1. The summed E-state index contributed by atoms with van der Waals surface area (Å²) in [6, 6.07) is 14.1. The van der Waals surface area contributed by atoms with E-state index in [-0.39, 0.29) is 21.9 Å². The van der Waals surface area contributed by atoms with Crippen LogP contribution < -0.4 is 5.32 Å². The number of carbonyl (C=O) groups excluding carboxylic acids is 1. The van der Waals surface area contributed by atoms with Crippen LogP contribution in [0, 0.1) is 5.92 Å². The van der Waals surface area contributed by atoms with Gasteiger partial charge in [-0.25, -0.2) is 8.42 Å². The Kier molecular flexibility index (Phi) is 7.60. The van der Waals surface area contributed by atoms with Crippen molar-refractivity contribution in [2.45, 2.75) is 56.1 Å². The van der Waals surface area contributed by atoms with Crippen molar-refractivity contribution in [2.24, 2.45) is 5.92 Å². The highest BCUT2D eigenvalue weighted by molar-refractivity contribution is 7.89. The van der Waals surface area contributed by atoms with Gasteiger partial charge in [-0.2, -0.15) is 4.31 Å². The number of nitrogens with one attached hydrogen (secondary N) is 1. The minimum atomic E-state index is -3.71. The van der Waals surface area contributed by atoms with Gasteiger partial charge in [0.2, 0.25) is 15.9 Å². The van der Waals surface area contributed by atoms with E-state index in [0.717, 1.165) is 12.0 Å². The molecule has 0 aromatic heterocycles. The Balaban J connectivity index is 1.54. The quantitative estimate of drug-likeness (QED) is 0.577. The van der Waals surface area contributed by atoms with Crippen LogP contribution in [0.1, 0.15) is 38.7 Å². The van der Waals surface area contributed by atoms with Crippen molar-refractivity contribution in [1.82, 2.24) is 14.5 Å². The number of benzene rings is 2. The SMILES string of the molecule is CC[C@@H](C)CN1C(=O)[C@H](Cc2ccccc2)NC12CCN(S(=O)(=O)c1ccc(Cl)c(Cl)c1)CC2. The molecule has 6 nitrogen and oxygen atoms in total. The minimum absolute atomic E-state index is 0.102. The summed E-state index contributed by atoms with van der Waals surface area (Å²) >= 11 is 12.0. The van der Waals surface area contributed by atoms with E-state index in [2.05, 4.69) is 19.2 Å². The molecule has 2 aromatic carbocycles. The molecule has 184 valence electrons. The van der Waals surface area contributed by atoms with Crippen LogP contribution in [0.15, 0.2) is 53.4 Å². The molecule has 0 unspecified atom stereocenters. The molecule has 34 heavy (non-hydrogen) atoms. The third kappa shape index (κ3) is 5.00. The topological polar surface area (TPSA) is 69.7 Å². The third-order valence-corrected chi connectivity index (χ3v) is 9.71. The average Bonchev–Trinajstić information content (AvgIpc) is 3.06. The molecule has 2 aliphatic rings. The molecule has 9 heteroatoms. The first kappa shape index (κ1) is 25.5. The van der Waals surface area contributed by atoms with Crippen molar-refractivity contribution in [3.05, 3.63) is 64.1 Å². The van der Waals surface area contributed by atoms with Crippen molar-refractivity contribution in [3.63, 3.8) is 0 Å². The Morgan fingerprint density at radius 1 is 1.09 bits per heavy atom. The van der Waals surface area contributed by atoms with Gasteiger partial charge in [-0.3, -0.25) is 10.1 Å². The molecule has 2 fully saturated rings. The van der Waals surface area contributed by atoms with E-state index >= 15 is 0 Å². The maximum Gasteiger partial charge on any atom is 0.243 e. The molecular weight excluding hydrogens is 493 g/mol. The lowest BCUT2D eigenvalue weighted by atomic mass is 9.95. The molecule has 1 spiro atoms. The largest absolute Gasteiger partial charge is 0.323 e. The van der Waals surface area contributed by atoms with Crippen LogP contribution in [0.4, 0.5) is 0 Å². The molecule has 0 saturated carbocycles. The van der Waals surface area contributed by atoms with Crippen LogP contribution >= 0.6 is 23.2 Å². The van der Waals surface area contributed by atoms with Gasteiger partial charge < -0.3 is 4.90 Å². The second-order valence-electron chi connectivity index (χ2n) is 9.36. The van der Waals surface area contributed by atoms with E-state index in [1.54, 1.807) is 0 Å². The summed E-state index contributed by atoms with van der Waals surface area (Å²) in [5.74, 6) is 0.459. The first-order chi connectivity index (χ1) is 16.2. The fourth-order valence-electron chi connectivity index (χ4n) is 4.85. The highest BCUT2D eigenvalue weighted by Crippen LogP contribution is 2.36. The van der Waals surface area contributed by atoms with E-state index < -0.39 is 15.7 Å². The summed E-state index contributed by atoms with van der Waals surface area (Å²) in [7, 11) is -3.71.